The highest BCUT2D eigenvalue weighted by atomic mass is 16.6. The van der Waals surface area contributed by atoms with E-state index in [4.69, 9.17) is 14.2 Å². The zero-order valence-corrected chi connectivity index (χ0v) is 10.9. The summed E-state index contributed by atoms with van der Waals surface area (Å²) in [6.45, 7) is 3.56. The first-order valence-electron chi connectivity index (χ1n) is 5.69. The lowest BCUT2D eigenvalue weighted by Gasteiger charge is -2.34. The van der Waals surface area contributed by atoms with Gasteiger partial charge in [0.15, 0.2) is 12.2 Å². The van der Waals surface area contributed by atoms with Crippen molar-refractivity contribution in [3.05, 3.63) is 12.2 Å². The Hall–Kier alpha value is -1.89. The number of hydrogen-bond donors (Lipinski definition) is 1. The normalized spacial score (nSPS) is 29.5. The molecule has 19 heavy (non-hydrogen) atoms. The molecule has 0 aromatic heterocycles. The number of aliphatic hydroxyl groups excluding tert-OH is 1. The largest absolute Gasteiger partial charge is 0.455 e. The highest BCUT2D eigenvalue weighted by Crippen LogP contribution is 2.22. The van der Waals surface area contributed by atoms with Gasteiger partial charge < -0.3 is 19.3 Å². The van der Waals surface area contributed by atoms with Crippen molar-refractivity contribution in [1.82, 2.24) is 0 Å². The summed E-state index contributed by atoms with van der Waals surface area (Å²) < 4.78 is 14.7. The second-order valence-electron chi connectivity index (χ2n) is 4.10. The minimum absolute atomic E-state index is 0.579. The van der Waals surface area contributed by atoms with Gasteiger partial charge in [-0.1, -0.05) is 0 Å². The van der Waals surface area contributed by atoms with E-state index in [0.717, 1.165) is 6.92 Å². The summed E-state index contributed by atoms with van der Waals surface area (Å²) in [5.41, 5.74) is 0. The van der Waals surface area contributed by atoms with Gasteiger partial charge in [-0.2, -0.15) is 0 Å². The number of hydrogen-bond acceptors (Lipinski definition) is 7. The van der Waals surface area contributed by atoms with Crippen molar-refractivity contribution < 1.29 is 33.7 Å². The summed E-state index contributed by atoms with van der Waals surface area (Å²) in [5, 5.41) is 10.0. The molecule has 106 valence electrons. The first-order valence-corrected chi connectivity index (χ1v) is 5.69. The molecule has 1 rings (SSSR count). The van der Waals surface area contributed by atoms with Gasteiger partial charge in [0.25, 0.3) is 0 Å². The molecule has 0 amide bonds. The van der Waals surface area contributed by atoms with Crippen molar-refractivity contribution >= 4 is 17.9 Å². The quantitative estimate of drug-likeness (QED) is 0.428. The van der Waals surface area contributed by atoms with Gasteiger partial charge >= 0.3 is 17.9 Å². The van der Waals surface area contributed by atoms with Gasteiger partial charge in [0, 0.05) is 20.8 Å². The van der Waals surface area contributed by atoms with Crippen LogP contribution in [0.15, 0.2) is 12.2 Å². The molecule has 0 aromatic rings. The molecule has 0 saturated heterocycles. The summed E-state index contributed by atoms with van der Waals surface area (Å²) in [6, 6.07) is 0. The monoisotopic (exact) mass is 272 g/mol. The minimum Gasteiger partial charge on any atom is -0.455 e. The summed E-state index contributed by atoms with van der Waals surface area (Å²) in [4.78, 5) is 32.8. The Morgan fingerprint density at radius 2 is 1.26 bits per heavy atom. The molecule has 0 spiro atoms. The Bertz CT molecular complexity index is 401. The lowest BCUT2D eigenvalue weighted by molar-refractivity contribution is -0.182. The van der Waals surface area contributed by atoms with Crippen molar-refractivity contribution in [2.24, 2.45) is 0 Å². The fraction of sp³-hybridized carbons (Fsp3) is 0.583. The third kappa shape index (κ3) is 4.36. The molecule has 0 saturated carbocycles. The van der Waals surface area contributed by atoms with E-state index in [1.165, 1.54) is 26.0 Å². The van der Waals surface area contributed by atoms with E-state index in [1.54, 1.807) is 0 Å². The van der Waals surface area contributed by atoms with Crippen molar-refractivity contribution in [1.29, 1.82) is 0 Å². The van der Waals surface area contributed by atoms with E-state index in [-0.39, 0.29) is 0 Å². The molecule has 4 atom stereocenters. The van der Waals surface area contributed by atoms with Crippen LogP contribution in [0.4, 0.5) is 0 Å². The van der Waals surface area contributed by atoms with Crippen LogP contribution in [0.5, 0.6) is 0 Å². The Balaban J connectivity index is 2.89. The van der Waals surface area contributed by atoms with Gasteiger partial charge in [-0.15, -0.1) is 0 Å². The third-order valence-electron chi connectivity index (χ3n) is 2.39. The Labute approximate surface area is 110 Å². The SMILES string of the molecule is CC(=O)O[C@H]1[C@H](O)[C@H](OC(C)=O)C=C[C@@H]1OC(C)=O. The molecule has 0 aliphatic heterocycles. The van der Waals surface area contributed by atoms with Gasteiger partial charge in [0.1, 0.15) is 12.2 Å². The zero-order chi connectivity index (χ0) is 14.6. The Morgan fingerprint density at radius 1 is 0.842 bits per heavy atom. The van der Waals surface area contributed by atoms with Crippen LogP contribution >= 0.6 is 0 Å². The van der Waals surface area contributed by atoms with Gasteiger partial charge in [-0.3, -0.25) is 14.4 Å². The van der Waals surface area contributed by atoms with Gasteiger partial charge in [-0.05, 0) is 12.2 Å². The van der Waals surface area contributed by atoms with E-state index < -0.39 is 42.3 Å². The van der Waals surface area contributed by atoms with E-state index in [2.05, 4.69) is 0 Å². The first kappa shape index (κ1) is 15.2. The maximum atomic E-state index is 11.0. The van der Waals surface area contributed by atoms with E-state index in [1.807, 2.05) is 0 Å². The Kier molecular flexibility index (Phi) is 5.05. The lowest BCUT2D eigenvalue weighted by atomic mass is 9.95. The van der Waals surface area contributed by atoms with Crippen LogP contribution in [0.2, 0.25) is 0 Å². The van der Waals surface area contributed by atoms with Gasteiger partial charge in [0.2, 0.25) is 0 Å². The van der Waals surface area contributed by atoms with Crippen LogP contribution in [0.3, 0.4) is 0 Å². The molecule has 1 N–H and O–H groups in total. The maximum Gasteiger partial charge on any atom is 0.303 e. The molecule has 0 unspecified atom stereocenters. The first-order chi connectivity index (χ1) is 8.81. The smallest absolute Gasteiger partial charge is 0.303 e. The molecule has 7 heteroatoms. The van der Waals surface area contributed by atoms with Crippen molar-refractivity contribution in [3.63, 3.8) is 0 Å². The number of ether oxygens (including phenoxy) is 3. The van der Waals surface area contributed by atoms with Crippen LogP contribution < -0.4 is 0 Å². The summed E-state index contributed by atoms with van der Waals surface area (Å²) in [7, 11) is 0. The molecular formula is C12H16O7. The van der Waals surface area contributed by atoms with Crippen LogP contribution in [0.1, 0.15) is 20.8 Å². The van der Waals surface area contributed by atoms with E-state index in [0.29, 0.717) is 0 Å². The molecule has 0 aromatic carbocycles. The van der Waals surface area contributed by atoms with Gasteiger partial charge in [-0.25, -0.2) is 0 Å². The van der Waals surface area contributed by atoms with E-state index in [9.17, 15) is 19.5 Å². The number of carbonyl (C=O) groups excluding carboxylic acids is 3. The molecule has 1 aliphatic rings. The van der Waals surface area contributed by atoms with Crippen LogP contribution in [0.25, 0.3) is 0 Å². The van der Waals surface area contributed by atoms with Crippen molar-refractivity contribution in [2.75, 3.05) is 0 Å². The zero-order valence-electron chi connectivity index (χ0n) is 10.9. The summed E-state index contributed by atoms with van der Waals surface area (Å²) in [5.74, 6) is -1.80. The van der Waals surface area contributed by atoms with E-state index >= 15 is 0 Å². The molecule has 0 heterocycles. The number of rotatable bonds is 3. The van der Waals surface area contributed by atoms with Gasteiger partial charge in [0.05, 0.1) is 0 Å². The number of carbonyl (C=O) groups is 3. The number of esters is 3. The highest BCUT2D eigenvalue weighted by Gasteiger charge is 2.41. The van der Waals surface area contributed by atoms with Crippen LogP contribution in [-0.4, -0.2) is 47.4 Å². The molecule has 0 fully saturated rings. The predicted molar refractivity (Wildman–Crippen MR) is 61.8 cm³/mol. The Morgan fingerprint density at radius 3 is 1.74 bits per heavy atom. The van der Waals surface area contributed by atoms with Crippen molar-refractivity contribution in [3.8, 4) is 0 Å². The minimum atomic E-state index is -1.30. The predicted octanol–water partition coefficient (Wildman–Crippen LogP) is -0.288. The molecule has 1 aliphatic carbocycles. The van der Waals surface area contributed by atoms with Crippen LogP contribution in [0, 0.1) is 0 Å². The highest BCUT2D eigenvalue weighted by molar-refractivity contribution is 5.68. The van der Waals surface area contributed by atoms with Crippen LogP contribution in [-0.2, 0) is 28.6 Å². The molecule has 0 bridgehead atoms. The number of aliphatic hydroxyl groups is 1. The summed E-state index contributed by atoms with van der Waals surface area (Å²) >= 11 is 0. The standard InChI is InChI=1S/C12H16O7/c1-6(13)17-9-4-5-10(18-7(2)14)12(11(9)16)19-8(3)15/h4-5,9-12,16H,1-3H3/t9-,10+,11-,12-/m1/s1. The third-order valence-corrected chi connectivity index (χ3v) is 2.39. The average molecular weight is 272 g/mol. The average Bonchev–Trinajstić information content (AvgIpc) is 2.26. The fourth-order valence-corrected chi connectivity index (χ4v) is 1.75. The molecule has 0 radical (unpaired) electrons. The van der Waals surface area contributed by atoms with Crippen molar-refractivity contribution in [2.45, 2.75) is 45.2 Å². The second kappa shape index (κ2) is 6.33. The molecule has 7 nitrogen and oxygen atoms in total. The molecular weight excluding hydrogens is 256 g/mol. The second-order valence-corrected chi connectivity index (χ2v) is 4.10. The lowest BCUT2D eigenvalue weighted by Crippen LogP contribution is -2.51. The maximum absolute atomic E-state index is 11.0. The summed E-state index contributed by atoms with van der Waals surface area (Å²) in [6.07, 6.45) is -1.48. The fourth-order valence-electron chi connectivity index (χ4n) is 1.75. The topological polar surface area (TPSA) is 99.1 Å².